The third-order valence-electron chi connectivity index (χ3n) is 4.47. The summed E-state index contributed by atoms with van der Waals surface area (Å²) in [6.07, 6.45) is 2.10. The molecule has 0 unspecified atom stereocenters. The number of halogens is 2. The number of hydrogen-bond acceptors (Lipinski definition) is 4. The van der Waals surface area contributed by atoms with Crippen molar-refractivity contribution in [2.45, 2.75) is 70.3 Å². The Kier molecular flexibility index (Phi) is 5.08. The summed E-state index contributed by atoms with van der Waals surface area (Å²) in [5, 5.41) is 16.2. The lowest BCUT2D eigenvalue weighted by Crippen LogP contribution is -2.55. The summed E-state index contributed by atoms with van der Waals surface area (Å²) in [4.78, 5) is 12.3. The first kappa shape index (κ1) is 17.8. The number of rotatable bonds is 5. The van der Waals surface area contributed by atoms with Crippen molar-refractivity contribution in [2.24, 2.45) is 0 Å². The summed E-state index contributed by atoms with van der Waals surface area (Å²) in [7, 11) is 0. The molecule has 2 rings (SSSR count). The lowest BCUT2D eigenvalue weighted by molar-refractivity contribution is -0.191. The predicted octanol–water partition coefficient (Wildman–Crippen LogP) is 3.17. The van der Waals surface area contributed by atoms with E-state index in [9.17, 15) is 18.7 Å². The van der Waals surface area contributed by atoms with Gasteiger partial charge in [0.15, 0.2) is 5.76 Å². The minimum Gasteiger partial charge on any atom is -0.384 e. The summed E-state index contributed by atoms with van der Waals surface area (Å²) in [6, 6.07) is 0. The number of carbonyl (C=O) groups is 1. The van der Waals surface area contributed by atoms with Crippen LogP contribution >= 0.6 is 0 Å². The molecule has 5 nitrogen and oxygen atoms in total. The average molecular weight is 330 g/mol. The smallest absolute Gasteiger partial charge is 0.293 e. The molecular weight excluding hydrogens is 306 g/mol. The summed E-state index contributed by atoms with van der Waals surface area (Å²) in [5.74, 6) is -3.72. The van der Waals surface area contributed by atoms with Gasteiger partial charge in [-0.15, -0.1) is 0 Å². The topological polar surface area (TPSA) is 75.4 Å². The van der Waals surface area contributed by atoms with Crippen LogP contribution in [0.15, 0.2) is 4.52 Å². The van der Waals surface area contributed by atoms with Crippen molar-refractivity contribution >= 4 is 5.91 Å². The Labute approximate surface area is 134 Å². The van der Waals surface area contributed by atoms with E-state index in [4.69, 9.17) is 4.52 Å². The fourth-order valence-electron chi connectivity index (χ4n) is 3.00. The molecule has 0 atom stereocenters. The minimum atomic E-state index is -3.37. The molecule has 0 radical (unpaired) electrons. The highest BCUT2D eigenvalue weighted by molar-refractivity contribution is 5.96. The van der Waals surface area contributed by atoms with Gasteiger partial charge in [-0.25, -0.2) is 8.78 Å². The Bertz CT molecular complexity index is 564. The Morgan fingerprint density at radius 3 is 2.57 bits per heavy atom. The van der Waals surface area contributed by atoms with Crippen LogP contribution in [-0.4, -0.2) is 34.2 Å². The van der Waals surface area contributed by atoms with Crippen molar-refractivity contribution in [2.75, 3.05) is 6.54 Å². The standard InChI is InChI=1S/C16H24F2N2O3/c1-10(2)13-12(11(3)20-23-13)14(21)19-9-16(17,18)15(22)7-5-4-6-8-15/h10,22H,4-9H2,1-3H3,(H,19,21). The predicted molar refractivity (Wildman–Crippen MR) is 80.6 cm³/mol. The van der Waals surface area contributed by atoms with Gasteiger partial charge >= 0.3 is 0 Å². The van der Waals surface area contributed by atoms with Crippen LogP contribution in [0, 0.1) is 6.92 Å². The number of carbonyl (C=O) groups excluding carboxylic acids is 1. The second kappa shape index (κ2) is 6.55. The van der Waals surface area contributed by atoms with E-state index < -0.39 is 24.0 Å². The number of aliphatic hydroxyl groups is 1. The quantitative estimate of drug-likeness (QED) is 0.869. The van der Waals surface area contributed by atoms with Gasteiger partial charge in [-0.05, 0) is 19.8 Å². The summed E-state index contributed by atoms with van der Waals surface area (Å²) < 4.78 is 33.8. The summed E-state index contributed by atoms with van der Waals surface area (Å²) in [5.41, 5.74) is -1.47. The van der Waals surface area contributed by atoms with Gasteiger partial charge in [0.05, 0.1) is 12.2 Å². The second-order valence-corrected chi connectivity index (χ2v) is 6.64. The average Bonchev–Trinajstić information content (AvgIpc) is 2.87. The molecular formula is C16H24F2N2O3. The zero-order valence-electron chi connectivity index (χ0n) is 13.8. The Morgan fingerprint density at radius 2 is 2.00 bits per heavy atom. The molecule has 1 aliphatic carbocycles. The van der Waals surface area contributed by atoms with E-state index in [-0.39, 0.29) is 24.3 Å². The fraction of sp³-hybridized carbons (Fsp3) is 0.750. The zero-order valence-corrected chi connectivity index (χ0v) is 13.8. The zero-order chi connectivity index (χ0) is 17.3. The van der Waals surface area contributed by atoms with Crippen molar-refractivity contribution in [3.05, 3.63) is 17.0 Å². The van der Waals surface area contributed by atoms with Crippen molar-refractivity contribution < 1.29 is 23.2 Å². The molecule has 2 N–H and O–H groups in total. The van der Waals surface area contributed by atoms with Gasteiger partial charge in [0.1, 0.15) is 11.2 Å². The molecule has 0 spiro atoms. The number of aromatic nitrogens is 1. The molecule has 1 fully saturated rings. The Morgan fingerprint density at radius 1 is 1.39 bits per heavy atom. The molecule has 1 heterocycles. The number of nitrogens with one attached hydrogen (secondary N) is 1. The Hall–Kier alpha value is -1.50. The fourth-order valence-corrected chi connectivity index (χ4v) is 3.00. The molecule has 0 aromatic carbocycles. The lowest BCUT2D eigenvalue weighted by Gasteiger charge is -2.38. The van der Waals surface area contributed by atoms with Crippen LogP contribution in [-0.2, 0) is 0 Å². The van der Waals surface area contributed by atoms with Crippen LogP contribution in [0.25, 0.3) is 0 Å². The van der Waals surface area contributed by atoms with Gasteiger partial charge in [0, 0.05) is 5.92 Å². The number of aryl methyl sites for hydroxylation is 1. The minimum absolute atomic E-state index is 0.0550. The number of nitrogens with zero attached hydrogens (tertiary/aromatic N) is 1. The van der Waals surface area contributed by atoms with E-state index in [0.717, 1.165) is 6.42 Å². The highest BCUT2D eigenvalue weighted by Crippen LogP contribution is 2.40. The maximum atomic E-state index is 14.4. The molecule has 1 amide bonds. The summed E-state index contributed by atoms with van der Waals surface area (Å²) >= 11 is 0. The van der Waals surface area contributed by atoms with E-state index in [1.807, 2.05) is 13.8 Å². The van der Waals surface area contributed by atoms with Gasteiger partial charge in [-0.1, -0.05) is 38.3 Å². The number of hydrogen-bond donors (Lipinski definition) is 2. The normalized spacial score (nSPS) is 18.2. The van der Waals surface area contributed by atoms with Gasteiger partial charge < -0.3 is 14.9 Å². The highest BCUT2D eigenvalue weighted by atomic mass is 19.3. The molecule has 1 aromatic heterocycles. The summed E-state index contributed by atoms with van der Waals surface area (Å²) in [6.45, 7) is 4.35. The lowest BCUT2D eigenvalue weighted by atomic mass is 9.80. The van der Waals surface area contributed by atoms with Gasteiger partial charge in [0.2, 0.25) is 0 Å². The monoisotopic (exact) mass is 330 g/mol. The third kappa shape index (κ3) is 3.54. The van der Waals surface area contributed by atoms with Crippen molar-refractivity contribution in [3.63, 3.8) is 0 Å². The van der Waals surface area contributed by atoms with Crippen LogP contribution < -0.4 is 5.32 Å². The van der Waals surface area contributed by atoms with E-state index in [1.54, 1.807) is 6.92 Å². The van der Waals surface area contributed by atoms with Crippen molar-refractivity contribution in [3.8, 4) is 0 Å². The largest absolute Gasteiger partial charge is 0.384 e. The van der Waals surface area contributed by atoms with E-state index in [2.05, 4.69) is 10.5 Å². The molecule has 0 bridgehead atoms. The van der Waals surface area contributed by atoms with E-state index in [0.29, 0.717) is 24.3 Å². The number of alkyl halides is 2. The van der Waals surface area contributed by atoms with Crippen LogP contribution in [0.5, 0.6) is 0 Å². The van der Waals surface area contributed by atoms with Crippen LogP contribution in [0.2, 0.25) is 0 Å². The number of amides is 1. The molecule has 1 aliphatic rings. The Balaban J connectivity index is 2.08. The van der Waals surface area contributed by atoms with Gasteiger partial charge in [-0.2, -0.15) is 0 Å². The molecule has 1 aromatic rings. The molecule has 0 saturated heterocycles. The highest BCUT2D eigenvalue weighted by Gasteiger charge is 2.52. The van der Waals surface area contributed by atoms with Crippen molar-refractivity contribution in [1.82, 2.24) is 10.5 Å². The molecule has 23 heavy (non-hydrogen) atoms. The first-order chi connectivity index (χ1) is 10.7. The first-order valence-corrected chi connectivity index (χ1v) is 8.02. The molecule has 130 valence electrons. The van der Waals surface area contributed by atoms with Crippen LogP contribution in [0.3, 0.4) is 0 Å². The molecule has 7 heteroatoms. The maximum absolute atomic E-state index is 14.4. The van der Waals surface area contributed by atoms with Crippen LogP contribution in [0.4, 0.5) is 8.78 Å². The second-order valence-electron chi connectivity index (χ2n) is 6.64. The van der Waals surface area contributed by atoms with Gasteiger partial charge in [-0.3, -0.25) is 4.79 Å². The molecule has 0 aliphatic heterocycles. The van der Waals surface area contributed by atoms with Crippen LogP contribution in [0.1, 0.15) is 73.7 Å². The first-order valence-electron chi connectivity index (χ1n) is 8.02. The SMILES string of the molecule is Cc1noc(C(C)C)c1C(=O)NCC(F)(F)C1(O)CCCCC1. The van der Waals surface area contributed by atoms with E-state index in [1.165, 1.54) is 0 Å². The maximum Gasteiger partial charge on any atom is 0.293 e. The van der Waals surface area contributed by atoms with Gasteiger partial charge in [0.25, 0.3) is 11.8 Å². The third-order valence-corrected chi connectivity index (χ3v) is 4.47. The van der Waals surface area contributed by atoms with Crippen molar-refractivity contribution in [1.29, 1.82) is 0 Å². The van der Waals surface area contributed by atoms with E-state index >= 15 is 0 Å². The molecule has 1 saturated carbocycles.